The molecule has 1 N–H and O–H groups in total. The van der Waals surface area contributed by atoms with Crippen LogP contribution in [0, 0.1) is 10.8 Å². The highest BCUT2D eigenvalue weighted by molar-refractivity contribution is 7.52. The molecule has 0 amide bonds. The van der Waals surface area contributed by atoms with E-state index < -0.39 is 18.6 Å². The SMILES string of the molecule is C[C@@]12CNC[C@](C)(CN(P(=O)(Oc3ccccc3)Oc3ccccc3)C1)C2=O. The van der Waals surface area contributed by atoms with Gasteiger partial charge in [-0.15, -0.1) is 0 Å². The molecule has 7 heteroatoms. The third-order valence-electron chi connectivity index (χ3n) is 5.46. The number of ketones is 1. The van der Waals surface area contributed by atoms with Gasteiger partial charge in [-0.25, -0.2) is 4.57 Å². The second-order valence-corrected chi connectivity index (χ2v) is 10.0. The fraction of sp³-hybridized carbons (Fsp3) is 0.381. The van der Waals surface area contributed by atoms with Crippen molar-refractivity contribution in [1.82, 2.24) is 9.99 Å². The molecular weight excluding hydrogens is 375 g/mol. The maximum atomic E-state index is 14.1. The lowest BCUT2D eigenvalue weighted by molar-refractivity contribution is -0.146. The third-order valence-corrected chi connectivity index (χ3v) is 7.32. The monoisotopic (exact) mass is 400 g/mol. The predicted molar refractivity (Wildman–Crippen MR) is 107 cm³/mol. The molecule has 6 nitrogen and oxygen atoms in total. The van der Waals surface area contributed by atoms with Gasteiger partial charge in [0.2, 0.25) is 0 Å². The molecule has 2 aromatic carbocycles. The zero-order valence-corrected chi connectivity index (χ0v) is 17.0. The van der Waals surface area contributed by atoms with Gasteiger partial charge in [-0.3, -0.25) is 4.79 Å². The van der Waals surface area contributed by atoms with Crippen molar-refractivity contribution >= 4 is 13.5 Å². The minimum atomic E-state index is -3.75. The Balaban J connectivity index is 1.71. The highest BCUT2D eigenvalue weighted by Gasteiger charge is 2.58. The van der Waals surface area contributed by atoms with Crippen molar-refractivity contribution < 1.29 is 18.4 Å². The van der Waals surface area contributed by atoms with Crippen LogP contribution in [-0.2, 0) is 9.36 Å². The molecule has 2 saturated heterocycles. The Morgan fingerprint density at radius 3 is 1.71 bits per heavy atom. The standard InChI is InChI=1S/C21H25N2O4P/c1-20-13-22-14-21(2,19(20)24)16-23(15-20)28(25,26-17-9-5-3-6-10-17)27-18-11-7-4-8-12-18/h3-12,22H,13-16H2,1-2H3/t20-,21-/m1/s1. The molecule has 0 aliphatic carbocycles. The van der Waals surface area contributed by atoms with Crippen LogP contribution in [0.3, 0.4) is 0 Å². The van der Waals surface area contributed by atoms with E-state index in [0.717, 1.165) is 0 Å². The average Bonchev–Trinajstić information content (AvgIpc) is 2.66. The minimum Gasteiger partial charge on any atom is -0.404 e. The molecule has 2 heterocycles. The zero-order chi connectivity index (χ0) is 19.8. The number of para-hydroxylation sites is 2. The van der Waals surface area contributed by atoms with E-state index in [1.807, 2.05) is 50.2 Å². The Kier molecular flexibility index (Phi) is 4.82. The number of Topliss-reactive ketones (excluding diaryl/α,β-unsaturated/α-hetero) is 1. The molecule has 148 valence electrons. The maximum Gasteiger partial charge on any atom is 0.515 e. The third kappa shape index (κ3) is 3.48. The van der Waals surface area contributed by atoms with E-state index in [9.17, 15) is 9.36 Å². The summed E-state index contributed by atoms with van der Waals surface area (Å²) in [6.07, 6.45) is 0. The van der Waals surface area contributed by atoms with Gasteiger partial charge >= 0.3 is 7.75 Å². The fourth-order valence-corrected chi connectivity index (χ4v) is 6.17. The molecule has 2 aliphatic rings. The maximum absolute atomic E-state index is 14.1. The van der Waals surface area contributed by atoms with Crippen molar-refractivity contribution in [2.75, 3.05) is 26.2 Å². The molecule has 0 saturated carbocycles. The van der Waals surface area contributed by atoms with E-state index in [0.29, 0.717) is 37.7 Å². The summed E-state index contributed by atoms with van der Waals surface area (Å²) in [7, 11) is -3.75. The lowest BCUT2D eigenvalue weighted by atomic mass is 9.66. The first-order chi connectivity index (χ1) is 13.3. The highest BCUT2D eigenvalue weighted by Crippen LogP contribution is 2.56. The van der Waals surface area contributed by atoms with E-state index in [2.05, 4.69) is 5.32 Å². The summed E-state index contributed by atoms with van der Waals surface area (Å²) in [5.41, 5.74) is -1.28. The Bertz CT molecular complexity index is 840. The number of carbonyl (C=O) groups excluding carboxylic acids is 1. The Morgan fingerprint density at radius 2 is 1.29 bits per heavy atom. The van der Waals surface area contributed by atoms with Crippen LogP contribution in [0.2, 0.25) is 0 Å². The number of hydrogen-bond donors (Lipinski definition) is 1. The number of fused-ring (bicyclic) bond motifs is 2. The number of benzene rings is 2. The predicted octanol–water partition coefficient (Wildman–Crippen LogP) is 3.75. The summed E-state index contributed by atoms with van der Waals surface area (Å²) < 4.78 is 27.7. The molecule has 0 aromatic heterocycles. The van der Waals surface area contributed by atoms with Crippen LogP contribution in [-0.4, -0.2) is 36.6 Å². The largest absolute Gasteiger partial charge is 0.515 e. The summed E-state index contributed by atoms with van der Waals surface area (Å²) >= 11 is 0. The minimum absolute atomic E-state index is 0.209. The van der Waals surface area contributed by atoms with Crippen molar-refractivity contribution in [3.63, 3.8) is 0 Å². The highest BCUT2D eigenvalue weighted by atomic mass is 31.2. The van der Waals surface area contributed by atoms with Gasteiger partial charge in [0.15, 0.2) is 0 Å². The van der Waals surface area contributed by atoms with Crippen LogP contribution in [0.4, 0.5) is 0 Å². The smallest absolute Gasteiger partial charge is 0.404 e. The number of nitrogens with one attached hydrogen (secondary N) is 1. The van der Waals surface area contributed by atoms with Gasteiger partial charge in [0.05, 0.1) is 10.8 Å². The molecule has 2 aliphatic heterocycles. The number of nitrogens with zero attached hydrogens (tertiary/aromatic N) is 1. The van der Waals surface area contributed by atoms with Crippen molar-refractivity contribution in [3.8, 4) is 11.5 Å². The zero-order valence-electron chi connectivity index (χ0n) is 16.1. The molecule has 4 rings (SSSR count). The number of piperidine rings is 2. The lowest BCUT2D eigenvalue weighted by Crippen LogP contribution is -2.67. The normalized spacial score (nSPS) is 28.0. The molecule has 2 atom stereocenters. The molecule has 0 spiro atoms. The molecule has 2 fully saturated rings. The van der Waals surface area contributed by atoms with Crippen molar-refractivity contribution in [1.29, 1.82) is 0 Å². The van der Waals surface area contributed by atoms with E-state index in [4.69, 9.17) is 9.05 Å². The molecule has 2 aromatic rings. The second-order valence-electron chi connectivity index (χ2n) is 8.15. The first kappa shape index (κ1) is 19.2. The first-order valence-electron chi connectivity index (χ1n) is 9.44. The van der Waals surface area contributed by atoms with Crippen molar-refractivity contribution in [2.45, 2.75) is 13.8 Å². The van der Waals surface area contributed by atoms with E-state index in [1.54, 1.807) is 28.9 Å². The summed E-state index contributed by atoms with van der Waals surface area (Å²) in [5, 5.41) is 3.35. The first-order valence-corrected chi connectivity index (χ1v) is 10.9. The fourth-order valence-electron chi connectivity index (χ4n) is 4.16. The van der Waals surface area contributed by atoms with Gasteiger partial charge < -0.3 is 14.4 Å². The number of rotatable bonds is 5. The van der Waals surface area contributed by atoms with Gasteiger partial charge in [-0.2, -0.15) is 4.67 Å². The van der Waals surface area contributed by atoms with Crippen LogP contribution >= 0.6 is 7.75 Å². The molecule has 0 radical (unpaired) electrons. The van der Waals surface area contributed by atoms with Gasteiger partial charge in [0.25, 0.3) is 0 Å². The van der Waals surface area contributed by atoms with Gasteiger partial charge in [-0.1, -0.05) is 50.2 Å². The van der Waals surface area contributed by atoms with E-state index in [-0.39, 0.29) is 5.78 Å². The molecule has 0 unspecified atom stereocenters. The van der Waals surface area contributed by atoms with Gasteiger partial charge in [0.1, 0.15) is 17.3 Å². The van der Waals surface area contributed by atoms with Gasteiger partial charge in [0, 0.05) is 26.2 Å². The summed E-state index contributed by atoms with van der Waals surface area (Å²) in [5.74, 6) is 1.15. The van der Waals surface area contributed by atoms with E-state index >= 15 is 0 Å². The van der Waals surface area contributed by atoms with Crippen LogP contribution in [0.5, 0.6) is 11.5 Å². The van der Waals surface area contributed by atoms with Crippen LogP contribution in [0.1, 0.15) is 13.8 Å². The van der Waals surface area contributed by atoms with Gasteiger partial charge in [-0.05, 0) is 24.3 Å². The van der Waals surface area contributed by atoms with Crippen molar-refractivity contribution in [3.05, 3.63) is 60.7 Å². The second kappa shape index (κ2) is 7.03. The summed E-state index contributed by atoms with van der Waals surface area (Å²) in [6.45, 7) is 5.56. The lowest BCUT2D eigenvalue weighted by Gasteiger charge is -2.52. The van der Waals surface area contributed by atoms with Crippen LogP contribution in [0.25, 0.3) is 0 Å². The Morgan fingerprint density at radius 1 is 0.857 bits per heavy atom. The van der Waals surface area contributed by atoms with Crippen molar-refractivity contribution in [2.24, 2.45) is 10.8 Å². The Labute approximate surface area is 165 Å². The topological polar surface area (TPSA) is 67.9 Å². The van der Waals surface area contributed by atoms with Crippen LogP contribution < -0.4 is 14.4 Å². The average molecular weight is 400 g/mol. The number of hydrogen-bond acceptors (Lipinski definition) is 5. The summed E-state index contributed by atoms with van der Waals surface area (Å²) in [4.78, 5) is 13.0. The van der Waals surface area contributed by atoms with Crippen LogP contribution in [0.15, 0.2) is 60.7 Å². The number of carbonyl (C=O) groups is 1. The summed E-state index contributed by atoms with van der Waals surface area (Å²) in [6, 6.07) is 18.0. The Hall–Kier alpha value is -2.14. The molecular formula is C21H25N2O4P. The molecule has 2 bridgehead atoms. The van der Waals surface area contributed by atoms with E-state index in [1.165, 1.54) is 0 Å². The molecule has 28 heavy (non-hydrogen) atoms. The quantitative estimate of drug-likeness (QED) is 0.771.